The second-order valence-electron chi connectivity index (χ2n) is 4.46. The van der Waals surface area contributed by atoms with Crippen LogP contribution in [0.3, 0.4) is 0 Å². The number of benzene rings is 1. The predicted octanol–water partition coefficient (Wildman–Crippen LogP) is 1.24. The Labute approximate surface area is 120 Å². The zero-order valence-electron chi connectivity index (χ0n) is 12.4. The molecule has 0 aliphatic heterocycles. The Kier molecular flexibility index (Phi) is 6.54. The van der Waals surface area contributed by atoms with Crippen molar-refractivity contribution in [2.45, 2.75) is 20.4 Å². The van der Waals surface area contributed by atoms with E-state index in [1.54, 1.807) is 0 Å². The van der Waals surface area contributed by atoms with Crippen LogP contribution in [-0.2, 0) is 11.3 Å². The molecule has 1 rings (SSSR count). The largest absolute Gasteiger partial charge is 0.361 e. The van der Waals surface area contributed by atoms with Gasteiger partial charge in [-0.25, -0.2) is 0 Å². The van der Waals surface area contributed by atoms with Gasteiger partial charge in [0.2, 0.25) is 5.91 Å². The molecule has 0 atom stereocenters. The second-order valence-corrected chi connectivity index (χ2v) is 4.46. The highest BCUT2D eigenvalue weighted by Crippen LogP contribution is 2.21. The molecule has 0 radical (unpaired) electrons. The van der Waals surface area contributed by atoms with Crippen LogP contribution in [0.4, 0.5) is 5.69 Å². The summed E-state index contributed by atoms with van der Waals surface area (Å²) < 4.78 is 0. The molecule has 5 heteroatoms. The summed E-state index contributed by atoms with van der Waals surface area (Å²) in [5, 5.41) is 15.1. The van der Waals surface area contributed by atoms with E-state index in [-0.39, 0.29) is 12.5 Å². The van der Waals surface area contributed by atoms with E-state index in [1.807, 2.05) is 44.0 Å². The molecule has 0 saturated heterocycles. The third kappa shape index (κ3) is 4.25. The van der Waals surface area contributed by atoms with E-state index in [1.165, 1.54) is 0 Å². The molecule has 0 aromatic heterocycles. The second kappa shape index (κ2) is 8.18. The number of nitrogens with zero attached hydrogens (tertiary/aromatic N) is 2. The van der Waals surface area contributed by atoms with Gasteiger partial charge in [0.15, 0.2) is 0 Å². The number of hydrogen-bond acceptors (Lipinski definition) is 4. The minimum atomic E-state index is -0.0301. The first-order valence-electron chi connectivity index (χ1n) is 6.85. The molecule has 0 saturated carbocycles. The Hall–Kier alpha value is -2.06. The van der Waals surface area contributed by atoms with E-state index < -0.39 is 0 Å². The first-order valence-corrected chi connectivity index (χ1v) is 6.85. The van der Waals surface area contributed by atoms with Crippen LogP contribution in [0.15, 0.2) is 18.2 Å². The number of carbonyl (C=O) groups is 1. The van der Waals surface area contributed by atoms with Gasteiger partial charge < -0.3 is 15.5 Å². The molecule has 20 heavy (non-hydrogen) atoms. The maximum absolute atomic E-state index is 11.7. The SMILES string of the molecule is CCNC(=O)CN(CC)c1ccc(CNC)cc1C#N. The van der Waals surface area contributed by atoms with Crippen molar-refractivity contribution in [3.05, 3.63) is 29.3 Å². The van der Waals surface area contributed by atoms with Crippen molar-refractivity contribution < 1.29 is 4.79 Å². The zero-order valence-corrected chi connectivity index (χ0v) is 12.4. The van der Waals surface area contributed by atoms with Crippen molar-refractivity contribution >= 4 is 11.6 Å². The minimum Gasteiger partial charge on any atom is -0.361 e. The summed E-state index contributed by atoms with van der Waals surface area (Å²) in [5.74, 6) is -0.0301. The van der Waals surface area contributed by atoms with Crippen LogP contribution >= 0.6 is 0 Å². The number of nitrogens with one attached hydrogen (secondary N) is 2. The van der Waals surface area contributed by atoms with Gasteiger partial charge in [-0.2, -0.15) is 5.26 Å². The summed E-state index contributed by atoms with van der Waals surface area (Å²) in [6.45, 7) is 6.14. The highest BCUT2D eigenvalue weighted by molar-refractivity contribution is 5.82. The monoisotopic (exact) mass is 274 g/mol. The lowest BCUT2D eigenvalue weighted by Gasteiger charge is -2.23. The average molecular weight is 274 g/mol. The number of rotatable bonds is 7. The first-order chi connectivity index (χ1) is 9.65. The minimum absolute atomic E-state index is 0.0301. The van der Waals surface area contributed by atoms with Crippen molar-refractivity contribution in [3.8, 4) is 6.07 Å². The predicted molar refractivity (Wildman–Crippen MR) is 80.5 cm³/mol. The van der Waals surface area contributed by atoms with Gasteiger partial charge in [0, 0.05) is 19.6 Å². The molecule has 1 aromatic carbocycles. The van der Waals surface area contributed by atoms with Crippen LogP contribution in [0.1, 0.15) is 25.0 Å². The molecule has 108 valence electrons. The van der Waals surface area contributed by atoms with Crippen molar-refractivity contribution in [3.63, 3.8) is 0 Å². The van der Waals surface area contributed by atoms with Gasteiger partial charge >= 0.3 is 0 Å². The molecule has 0 spiro atoms. The maximum Gasteiger partial charge on any atom is 0.239 e. The lowest BCUT2D eigenvalue weighted by Crippen LogP contribution is -2.37. The Morgan fingerprint density at radius 2 is 2.15 bits per heavy atom. The van der Waals surface area contributed by atoms with E-state index in [2.05, 4.69) is 16.7 Å². The highest BCUT2D eigenvalue weighted by Gasteiger charge is 2.13. The number of likely N-dealkylation sites (N-methyl/N-ethyl adjacent to an activating group) is 2. The average Bonchev–Trinajstić information content (AvgIpc) is 2.45. The van der Waals surface area contributed by atoms with Gasteiger partial charge in [-0.3, -0.25) is 4.79 Å². The molecular formula is C15H22N4O. The molecule has 0 aliphatic carbocycles. The van der Waals surface area contributed by atoms with Crippen molar-refractivity contribution in [1.29, 1.82) is 5.26 Å². The fourth-order valence-corrected chi connectivity index (χ4v) is 2.06. The fourth-order valence-electron chi connectivity index (χ4n) is 2.06. The van der Waals surface area contributed by atoms with Crippen molar-refractivity contribution in [2.24, 2.45) is 0 Å². The van der Waals surface area contributed by atoms with Crippen LogP contribution in [-0.4, -0.2) is 32.6 Å². The summed E-state index contributed by atoms with van der Waals surface area (Å²) in [7, 11) is 1.87. The lowest BCUT2D eigenvalue weighted by atomic mass is 10.1. The Morgan fingerprint density at radius 3 is 2.70 bits per heavy atom. The van der Waals surface area contributed by atoms with Crippen molar-refractivity contribution in [2.75, 3.05) is 31.6 Å². The Morgan fingerprint density at radius 1 is 1.40 bits per heavy atom. The van der Waals surface area contributed by atoms with Gasteiger partial charge in [-0.1, -0.05) is 6.07 Å². The number of hydrogen-bond donors (Lipinski definition) is 2. The third-order valence-corrected chi connectivity index (χ3v) is 2.99. The normalized spacial score (nSPS) is 9.90. The summed E-state index contributed by atoms with van der Waals surface area (Å²) in [6, 6.07) is 7.97. The zero-order chi connectivity index (χ0) is 15.0. The fraction of sp³-hybridized carbons (Fsp3) is 0.467. The molecule has 0 heterocycles. The van der Waals surface area contributed by atoms with E-state index >= 15 is 0 Å². The Bertz CT molecular complexity index is 493. The number of anilines is 1. The number of nitriles is 1. The van der Waals surface area contributed by atoms with Crippen LogP contribution < -0.4 is 15.5 Å². The summed E-state index contributed by atoms with van der Waals surface area (Å²) in [5.41, 5.74) is 2.46. The summed E-state index contributed by atoms with van der Waals surface area (Å²) in [6.07, 6.45) is 0. The maximum atomic E-state index is 11.7. The van der Waals surface area contributed by atoms with Crippen LogP contribution in [0.2, 0.25) is 0 Å². The van der Waals surface area contributed by atoms with Gasteiger partial charge in [0.25, 0.3) is 0 Å². The summed E-state index contributed by atoms with van der Waals surface area (Å²) >= 11 is 0. The van der Waals surface area contributed by atoms with E-state index in [0.717, 1.165) is 17.8 Å². The molecule has 2 N–H and O–H groups in total. The first kappa shape index (κ1) is 16.0. The van der Waals surface area contributed by atoms with E-state index in [9.17, 15) is 10.1 Å². The highest BCUT2D eigenvalue weighted by atomic mass is 16.2. The topological polar surface area (TPSA) is 68.2 Å². The molecule has 1 amide bonds. The smallest absolute Gasteiger partial charge is 0.239 e. The molecule has 0 bridgehead atoms. The van der Waals surface area contributed by atoms with E-state index in [0.29, 0.717) is 18.7 Å². The molecule has 0 aliphatic rings. The van der Waals surface area contributed by atoms with Crippen molar-refractivity contribution in [1.82, 2.24) is 10.6 Å². The summed E-state index contributed by atoms with van der Waals surface area (Å²) in [4.78, 5) is 13.6. The van der Waals surface area contributed by atoms with Gasteiger partial charge in [0.1, 0.15) is 6.07 Å². The van der Waals surface area contributed by atoms with Crippen LogP contribution in [0, 0.1) is 11.3 Å². The lowest BCUT2D eigenvalue weighted by molar-refractivity contribution is -0.119. The number of amides is 1. The molecule has 0 fully saturated rings. The number of carbonyl (C=O) groups excluding carboxylic acids is 1. The van der Waals surface area contributed by atoms with Crippen LogP contribution in [0.25, 0.3) is 0 Å². The van der Waals surface area contributed by atoms with Gasteiger partial charge in [-0.05, 0) is 38.6 Å². The third-order valence-electron chi connectivity index (χ3n) is 2.99. The van der Waals surface area contributed by atoms with Gasteiger partial charge in [-0.15, -0.1) is 0 Å². The van der Waals surface area contributed by atoms with Gasteiger partial charge in [0.05, 0.1) is 17.8 Å². The van der Waals surface area contributed by atoms with E-state index in [4.69, 9.17) is 0 Å². The molecular weight excluding hydrogens is 252 g/mol. The quantitative estimate of drug-likeness (QED) is 0.785. The molecule has 1 aromatic rings. The molecule has 0 unspecified atom stereocenters. The molecule has 5 nitrogen and oxygen atoms in total. The Balaban J connectivity index is 2.97. The van der Waals surface area contributed by atoms with Crippen LogP contribution in [0.5, 0.6) is 0 Å². The standard InChI is InChI=1S/C15H22N4O/c1-4-18-15(20)11-19(5-2)14-7-6-12(10-17-3)8-13(14)9-16/h6-8,17H,4-5,10-11H2,1-3H3,(H,18,20).